The van der Waals surface area contributed by atoms with E-state index in [-0.39, 0.29) is 16.8 Å². The molecule has 1 N–H and O–H groups in total. The first-order valence-electron chi connectivity index (χ1n) is 6.75. The highest BCUT2D eigenvalue weighted by molar-refractivity contribution is 5.82. The summed E-state index contributed by atoms with van der Waals surface area (Å²) in [7, 11) is 0. The quantitative estimate of drug-likeness (QED) is 0.788. The lowest BCUT2D eigenvalue weighted by Crippen LogP contribution is -2.00. The van der Waals surface area contributed by atoms with Gasteiger partial charge in [0.25, 0.3) is 0 Å². The second-order valence-corrected chi connectivity index (χ2v) is 4.86. The lowest BCUT2D eigenvalue weighted by atomic mass is 10.2. The summed E-state index contributed by atoms with van der Waals surface area (Å²) in [4.78, 5) is 4.26. The Morgan fingerprint density at radius 2 is 2.00 bits per heavy atom. The van der Waals surface area contributed by atoms with E-state index in [2.05, 4.69) is 4.98 Å². The van der Waals surface area contributed by atoms with E-state index in [1.165, 1.54) is 24.3 Å². The van der Waals surface area contributed by atoms with Crippen LogP contribution in [-0.2, 0) is 6.54 Å². The predicted molar refractivity (Wildman–Crippen MR) is 77.0 cm³/mol. The normalized spacial score (nSPS) is 11.2. The van der Waals surface area contributed by atoms with Crippen molar-refractivity contribution in [1.82, 2.24) is 9.55 Å². The first-order valence-corrected chi connectivity index (χ1v) is 6.75. The number of hydrogen-bond acceptors (Lipinski definition) is 2. The first-order chi connectivity index (χ1) is 10.1. The van der Waals surface area contributed by atoms with Gasteiger partial charge in [-0.15, -0.1) is 0 Å². The Kier molecular flexibility index (Phi) is 3.33. The highest BCUT2D eigenvalue weighted by Gasteiger charge is 2.17. The SMILES string of the molecule is CCCn1c(-c2cc(F)ccc2O)nc2c(F)cccc21. The number of aryl methyl sites for hydroxylation is 1. The molecule has 0 saturated heterocycles. The Labute approximate surface area is 120 Å². The Hall–Kier alpha value is -2.43. The summed E-state index contributed by atoms with van der Waals surface area (Å²) in [6.45, 7) is 2.59. The lowest BCUT2D eigenvalue weighted by Gasteiger charge is -2.09. The van der Waals surface area contributed by atoms with E-state index in [4.69, 9.17) is 0 Å². The molecule has 0 aliphatic heterocycles. The smallest absolute Gasteiger partial charge is 0.151 e. The van der Waals surface area contributed by atoms with E-state index in [1.54, 1.807) is 16.7 Å². The maximum atomic E-state index is 13.9. The zero-order chi connectivity index (χ0) is 15.0. The molecule has 3 nitrogen and oxygen atoms in total. The summed E-state index contributed by atoms with van der Waals surface area (Å²) in [5, 5.41) is 9.96. The van der Waals surface area contributed by atoms with Crippen molar-refractivity contribution in [3.63, 3.8) is 0 Å². The van der Waals surface area contributed by atoms with E-state index in [9.17, 15) is 13.9 Å². The topological polar surface area (TPSA) is 38.0 Å². The van der Waals surface area contributed by atoms with Crippen LogP contribution in [0.5, 0.6) is 5.75 Å². The van der Waals surface area contributed by atoms with Gasteiger partial charge in [-0.25, -0.2) is 13.8 Å². The number of aromatic nitrogens is 2. The molecule has 2 aromatic carbocycles. The zero-order valence-corrected chi connectivity index (χ0v) is 11.5. The van der Waals surface area contributed by atoms with Crippen molar-refractivity contribution in [1.29, 1.82) is 0 Å². The number of hydrogen-bond donors (Lipinski definition) is 1. The second kappa shape index (κ2) is 5.16. The van der Waals surface area contributed by atoms with Crippen LogP contribution < -0.4 is 0 Å². The Morgan fingerprint density at radius 1 is 1.19 bits per heavy atom. The fourth-order valence-corrected chi connectivity index (χ4v) is 2.46. The van der Waals surface area contributed by atoms with Crippen LogP contribution >= 0.6 is 0 Å². The van der Waals surface area contributed by atoms with Gasteiger partial charge in [-0.1, -0.05) is 13.0 Å². The maximum absolute atomic E-state index is 13.9. The summed E-state index contributed by atoms with van der Waals surface area (Å²) in [5.41, 5.74) is 1.12. The fraction of sp³-hybridized carbons (Fsp3) is 0.188. The number of nitrogens with zero attached hydrogens (tertiary/aromatic N) is 2. The molecule has 0 amide bonds. The maximum Gasteiger partial charge on any atom is 0.151 e. The summed E-state index contributed by atoms with van der Waals surface area (Å²) in [5.74, 6) is -0.615. The predicted octanol–water partition coefficient (Wildman–Crippen LogP) is 4.10. The summed E-state index contributed by atoms with van der Waals surface area (Å²) >= 11 is 0. The third-order valence-electron chi connectivity index (χ3n) is 3.38. The van der Waals surface area contributed by atoms with Crippen LogP contribution in [0.15, 0.2) is 36.4 Å². The molecule has 3 aromatic rings. The van der Waals surface area contributed by atoms with Crippen LogP contribution in [0.2, 0.25) is 0 Å². The highest BCUT2D eigenvalue weighted by Crippen LogP contribution is 2.32. The van der Waals surface area contributed by atoms with E-state index in [0.29, 0.717) is 17.9 Å². The monoisotopic (exact) mass is 288 g/mol. The van der Waals surface area contributed by atoms with Gasteiger partial charge in [-0.05, 0) is 36.8 Å². The molecule has 21 heavy (non-hydrogen) atoms. The van der Waals surface area contributed by atoms with Crippen molar-refractivity contribution in [3.8, 4) is 17.1 Å². The molecule has 5 heteroatoms. The average Bonchev–Trinajstić information content (AvgIpc) is 2.82. The Balaban J connectivity index is 2.33. The van der Waals surface area contributed by atoms with Crippen LogP contribution in [0, 0.1) is 11.6 Å². The van der Waals surface area contributed by atoms with Gasteiger partial charge in [0.15, 0.2) is 5.82 Å². The van der Waals surface area contributed by atoms with E-state index in [0.717, 1.165) is 6.42 Å². The molecule has 0 unspecified atom stereocenters. The summed E-state index contributed by atoms with van der Waals surface area (Å²) < 4.78 is 29.2. The van der Waals surface area contributed by atoms with E-state index in [1.807, 2.05) is 6.92 Å². The third-order valence-corrected chi connectivity index (χ3v) is 3.38. The van der Waals surface area contributed by atoms with Crippen molar-refractivity contribution in [2.45, 2.75) is 19.9 Å². The standard InChI is InChI=1S/C16H14F2N2O/c1-2-8-20-13-5-3-4-12(18)15(13)19-16(20)11-9-10(17)6-7-14(11)21/h3-7,9,21H,2,8H2,1H3. The van der Waals surface area contributed by atoms with Crippen molar-refractivity contribution in [3.05, 3.63) is 48.0 Å². The molecule has 3 rings (SSSR count). The number of phenols is 1. The molecule has 0 radical (unpaired) electrons. The van der Waals surface area contributed by atoms with Crippen LogP contribution in [0.4, 0.5) is 8.78 Å². The van der Waals surface area contributed by atoms with Crippen molar-refractivity contribution >= 4 is 11.0 Å². The summed E-state index contributed by atoms with van der Waals surface area (Å²) in [6.07, 6.45) is 0.811. The number of rotatable bonds is 3. The number of halogens is 2. The minimum absolute atomic E-state index is 0.0792. The molecular formula is C16H14F2N2O. The van der Waals surface area contributed by atoms with Gasteiger partial charge in [-0.2, -0.15) is 0 Å². The molecule has 0 bridgehead atoms. The molecule has 0 fully saturated rings. The molecule has 0 spiro atoms. The van der Waals surface area contributed by atoms with Crippen LogP contribution in [0.1, 0.15) is 13.3 Å². The minimum Gasteiger partial charge on any atom is -0.507 e. The highest BCUT2D eigenvalue weighted by atomic mass is 19.1. The number of imidazole rings is 1. The largest absolute Gasteiger partial charge is 0.507 e. The van der Waals surface area contributed by atoms with Gasteiger partial charge in [0.1, 0.15) is 22.9 Å². The van der Waals surface area contributed by atoms with Gasteiger partial charge in [0, 0.05) is 6.54 Å². The number of fused-ring (bicyclic) bond motifs is 1. The Morgan fingerprint density at radius 3 is 2.76 bits per heavy atom. The lowest BCUT2D eigenvalue weighted by molar-refractivity contribution is 0.474. The van der Waals surface area contributed by atoms with E-state index >= 15 is 0 Å². The van der Waals surface area contributed by atoms with Crippen molar-refractivity contribution in [2.75, 3.05) is 0 Å². The Bertz CT molecular complexity index is 811. The fourth-order valence-electron chi connectivity index (χ4n) is 2.46. The molecule has 0 saturated carbocycles. The number of para-hydroxylation sites is 1. The molecule has 1 heterocycles. The van der Waals surface area contributed by atoms with Crippen LogP contribution in [0.3, 0.4) is 0 Å². The van der Waals surface area contributed by atoms with Crippen LogP contribution in [0.25, 0.3) is 22.4 Å². The number of benzene rings is 2. The van der Waals surface area contributed by atoms with Crippen LogP contribution in [-0.4, -0.2) is 14.7 Å². The van der Waals surface area contributed by atoms with Crippen molar-refractivity contribution < 1.29 is 13.9 Å². The minimum atomic E-state index is -0.474. The van der Waals surface area contributed by atoms with Gasteiger partial charge < -0.3 is 9.67 Å². The first kappa shape index (κ1) is 13.5. The van der Waals surface area contributed by atoms with Gasteiger partial charge in [0.05, 0.1) is 11.1 Å². The zero-order valence-electron chi connectivity index (χ0n) is 11.5. The van der Waals surface area contributed by atoms with E-state index < -0.39 is 11.6 Å². The third kappa shape index (κ3) is 2.24. The van der Waals surface area contributed by atoms with Crippen molar-refractivity contribution in [2.24, 2.45) is 0 Å². The molecule has 0 aliphatic rings. The second-order valence-electron chi connectivity index (χ2n) is 4.86. The molecule has 0 atom stereocenters. The molecule has 1 aromatic heterocycles. The molecule has 108 valence electrons. The number of aromatic hydroxyl groups is 1. The van der Waals surface area contributed by atoms with Gasteiger partial charge >= 0.3 is 0 Å². The van der Waals surface area contributed by atoms with Gasteiger partial charge in [-0.3, -0.25) is 0 Å². The molecule has 0 aliphatic carbocycles. The molecular weight excluding hydrogens is 274 g/mol. The number of phenolic OH excluding ortho intramolecular Hbond substituents is 1. The van der Waals surface area contributed by atoms with Gasteiger partial charge in [0.2, 0.25) is 0 Å². The summed E-state index contributed by atoms with van der Waals surface area (Å²) in [6, 6.07) is 8.37. The average molecular weight is 288 g/mol.